The molecular weight excluding hydrogens is 200 g/mol. The molecule has 2 aliphatic rings. The van der Waals surface area contributed by atoms with Crippen LogP contribution in [0.15, 0.2) is 18.2 Å². The third kappa shape index (κ3) is 1.65. The fraction of sp³-hybridized carbons (Fsp3) is 0.538. The second-order valence-corrected chi connectivity index (χ2v) is 4.81. The Morgan fingerprint density at radius 3 is 3.00 bits per heavy atom. The van der Waals surface area contributed by atoms with Gasteiger partial charge in [-0.1, -0.05) is 12.1 Å². The van der Waals surface area contributed by atoms with Crippen molar-refractivity contribution in [2.24, 2.45) is 0 Å². The first kappa shape index (κ1) is 9.97. The number of nitrogens with zero attached hydrogens (tertiary/aromatic N) is 1. The van der Waals surface area contributed by atoms with Gasteiger partial charge in [-0.15, -0.1) is 0 Å². The molecule has 3 rings (SSSR count). The first-order chi connectivity index (χ1) is 7.84. The van der Waals surface area contributed by atoms with Crippen molar-refractivity contribution in [2.75, 3.05) is 31.5 Å². The molecule has 1 fully saturated rings. The Balaban J connectivity index is 1.84. The van der Waals surface area contributed by atoms with E-state index in [4.69, 9.17) is 0 Å². The number of rotatable bonds is 2. The van der Waals surface area contributed by atoms with E-state index in [0.29, 0.717) is 11.7 Å². The van der Waals surface area contributed by atoms with Gasteiger partial charge in [-0.3, -0.25) is 0 Å². The number of fused-ring (bicyclic) bond motifs is 1. The van der Waals surface area contributed by atoms with Crippen molar-refractivity contribution in [3.63, 3.8) is 0 Å². The Labute approximate surface area is 96.1 Å². The molecule has 2 heterocycles. The molecule has 0 radical (unpaired) electrons. The van der Waals surface area contributed by atoms with Crippen LogP contribution in [0.1, 0.15) is 24.3 Å². The molecule has 16 heavy (non-hydrogen) atoms. The van der Waals surface area contributed by atoms with Gasteiger partial charge in [-0.05, 0) is 37.6 Å². The minimum atomic E-state index is 0.394. The number of benzene rings is 1. The minimum Gasteiger partial charge on any atom is -0.506 e. The Kier molecular flexibility index (Phi) is 2.48. The predicted octanol–water partition coefficient (Wildman–Crippen LogP) is 2.00. The van der Waals surface area contributed by atoms with Gasteiger partial charge in [0.25, 0.3) is 0 Å². The fourth-order valence-electron chi connectivity index (χ4n) is 2.68. The van der Waals surface area contributed by atoms with Crippen molar-refractivity contribution in [3.05, 3.63) is 23.8 Å². The number of para-hydroxylation sites is 1. The number of hydrogen-bond acceptors (Lipinski definition) is 3. The number of hydrogen-bond donors (Lipinski definition) is 2. The summed E-state index contributed by atoms with van der Waals surface area (Å²) in [6.07, 6.45) is 2.52. The predicted molar refractivity (Wildman–Crippen MR) is 65.0 cm³/mol. The van der Waals surface area contributed by atoms with E-state index in [0.717, 1.165) is 18.8 Å². The van der Waals surface area contributed by atoms with Crippen LogP contribution < -0.4 is 5.32 Å². The van der Waals surface area contributed by atoms with Gasteiger partial charge in [0.1, 0.15) is 5.75 Å². The van der Waals surface area contributed by atoms with Crippen LogP contribution in [0.5, 0.6) is 5.75 Å². The molecule has 3 nitrogen and oxygen atoms in total. The SMILES string of the molecule is Oc1cccc2c1NCCC2CN1CCC1. The molecule has 2 N–H and O–H groups in total. The van der Waals surface area contributed by atoms with Crippen LogP contribution >= 0.6 is 0 Å². The average Bonchev–Trinajstić information content (AvgIpc) is 2.24. The van der Waals surface area contributed by atoms with Gasteiger partial charge in [0, 0.05) is 19.0 Å². The summed E-state index contributed by atoms with van der Waals surface area (Å²) in [5.41, 5.74) is 2.25. The molecule has 0 amide bonds. The van der Waals surface area contributed by atoms with Crippen molar-refractivity contribution < 1.29 is 5.11 Å². The highest BCUT2D eigenvalue weighted by Gasteiger charge is 2.25. The lowest BCUT2D eigenvalue weighted by Gasteiger charge is -2.36. The minimum absolute atomic E-state index is 0.394. The van der Waals surface area contributed by atoms with E-state index in [1.54, 1.807) is 6.07 Å². The lowest BCUT2D eigenvalue weighted by molar-refractivity contribution is 0.167. The molecule has 1 saturated heterocycles. The van der Waals surface area contributed by atoms with Gasteiger partial charge < -0.3 is 15.3 Å². The van der Waals surface area contributed by atoms with Crippen molar-refractivity contribution in [2.45, 2.75) is 18.8 Å². The molecule has 0 saturated carbocycles. The van der Waals surface area contributed by atoms with E-state index >= 15 is 0 Å². The molecule has 1 aromatic rings. The van der Waals surface area contributed by atoms with Crippen LogP contribution in [0.2, 0.25) is 0 Å². The van der Waals surface area contributed by atoms with Gasteiger partial charge in [0.2, 0.25) is 0 Å². The Bertz CT molecular complexity index is 388. The maximum Gasteiger partial charge on any atom is 0.138 e. The number of phenolic OH excluding ortho intramolecular Hbond substituents is 1. The number of anilines is 1. The molecule has 3 heteroatoms. The van der Waals surface area contributed by atoms with E-state index < -0.39 is 0 Å². The fourth-order valence-corrected chi connectivity index (χ4v) is 2.68. The molecule has 1 atom stereocenters. The first-order valence-electron chi connectivity index (χ1n) is 6.13. The van der Waals surface area contributed by atoms with Crippen molar-refractivity contribution >= 4 is 5.69 Å². The van der Waals surface area contributed by atoms with Gasteiger partial charge >= 0.3 is 0 Å². The lowest BCUT2D eigenvalue weighted by atomic mass is 9.89. The monoisotopic (exact) mass is 218 g/mol. The topological polar surface area (TPSA) is 35.5 Å². The highest BCUT2D eigenvalue weighted by Crippen LogP contribution is 2.38. The van der Waals surface area contributed by atoms with Crippen LogP contribution in [0.4, 0.5) is 5.69 Å². The molecule has 1 aromatic carbocycles. The Morgan fingerprint density at radius 1 is 1.38 bits per heavy atom. The summed E-state index contributed by atoms with van der Waals surface area (Å²) in [4.78, 5) is 2.50. The Morgan fingerprint density at radius 2 is 2.25 bits per heavy atom. The van der Waals surface area contributed by atoms with Gasteiger partial charge in [-0.25, -0.2) is 0 Å². The zero-order chi connectivity index (χ0) is 11.0. The molecule has 1 unspecified atom stereocenters. The van der Waals surface area contributed by atoms with Crippen LogP contribution in [0.3, 0.4) is 0 Å². The van der Waals surface area contributed by atoms with Crippen LogP contribution in [0.25, 0.3) is 0 Å². The molecular formula is C13H18N2O. The van der Waals surface area contributed by atoms with E-state index in [1.807, 2.05) is 6.07 Å². The maximum absolute atomic E-state index is 9.80. The lowest BCUT2D eigenvalue weighted by Crippen LogP contribution is -2.40. The third-order valence-corrected chi connectivity index (χ3v) is 3.74. The van der Waals surface area contributed by atoms with E-state index in [2.05, 4.69) is 16.3 Å². The van der Waals surface area contributed by atoms with Gasteiger partial charge in [-0.2, -0.15) is 0 Å². The summed E-state index contributed by atoms with van der Waals surface area (Å²) in [6.45, 7) is 4.62. The van der Waals surface area contributed by atoms with Crippen LogP contribution in [-0.4, -0.2) is 36.2 Å². The Hall–Kier alpha value is -1.22. The molecule has 0 bridgehead atoms. The van der Waals surface area contributed by atoms with E-state index in [1.165, 1.54) is 31.5 Å². The summed E-state index contributed by atoms with van der Waals surface area (Å²) >= 11 is 0. The summed E-state index contributed by atoms with van der Waals surface area (Å²) < 4.78 is 0. The summed E-state index contributed by atoms with van der Waals surface area (Å²) in [5, 5.41) is 13.1. The average molecular weight is 218 g/mol. The second-order valence-electron chi connectivity index (χ2n) is 4.81. The van der Waals surface area contributed by atoms with Crippen LogP contribution in [0, 0.1) is 0 Å². The highest BCUT2D eigenvalue weighted by molar-refractivity contribution is 5.64. The zero-order valence-corrected chi connectivity index (χ0v) is 9.45. The van der Waals surface area contributed by atoms with Crippen molar-refractivity contribution in [1.29, 1.82) is 0 Å². The first-order valence-corrected chi connectivity index (χ1v) is 6.13. The van der Waals surface area contributed by atoms with E-state index in [-0.39, 0.29) is 0 Å². The third-order valence-electron chi connectivity index (χ3n) is 3.74. The molecule has 2 aliphatic heterocycles. The standard InChI is InChI=1S/C13H18N2O/c16-12-4-1-3-11-10(5-6-14-13(11)12)9-15-7-2-8-15/h1,3-4,10,14,16H,2,5-9H2. The highest BCUT2D eigenvalue weighted by atomic mass is 16.3. The van der Waals surface area contributed by atoms with Crippen molar-refractivity contribution in [1.82, 2.24) is 4.90 Å². The normalized spacial score (nSPS) is 24.4. The van der Waals surface area contributed by atoms with Gasteiger partial charge in [0.15, 0.2) is 0 Å². The van der Waals surface area contributed by atoms with Crippen molar-refractivity contribution in [3.8, 4) is 5.75 Å². The molecule has 0 spiro atoms. The summed E-state index contributed by atoms with van der Waals surface area (Å²) in [7, 11) is 0. The maximum atomic E-state index is 9.80. The van der Waals surface area contributed by atoms with Crippen LogP contribution in [-0.2, 0) is 0 Å². The summed E-state index contributed by atoms with van der Waals surface area (Å²) in [5.74, 6) is 0.981. The number of aromatic hydroxyl groups is 1. The molecule has 86 valence electrons. The zero-order valence-electron chi connectivity index (χ0n) is 9.45. The molecule has 0 aliphatic carbocycles. The number of likely N-dealkylation sites (tertiary alicyclic amines) is 1. The largest absolute Gasteiger partial charge is 0.506 e. The number of nitrogens with one attached hydrogen (secondary N) is 1. The molecule has 0 aromatic heterocycles. The van der Waals surface area contributed by atoms with Gasteiger partial charge in [0.05, 0.1) is 5.69 Å². The van der Waals surface area contributed by atoms with E-state index in [9.17, 15) is 5.11 Å². The quantitative estimate of drug-likeness (QED) is 0.745. The second kappa shape index (κ2) is 3.98. The number of phenols is 1. The smallest absolute Gasteiger partial charge is 0.138 e. The summed E-state index contributed by atoms with van der Waals surface area (Å²) in [6, 6.07) is 5.85.